The minimum absolute atomic E-state index is 0.0547. The molecule has 10 heteroatoms. The maximum Gasteiger partial charge on any atom is 0.314 e. The van der Waals surface area contributed by atoms with Crippen LogP contribution in [-0.2, 0) is 14.4 Å². The van der Waals surface area contributed by atoms with Crippen LogP contribution in [0.5, 0.6) is 5.75 Å². The zero-order chi connectivity index (χ0) is 21.0. The molecule has 2 N–H and O–H groups in total. The molecule has 0 spiro atoms. The standard InChI is InChI=1S/C19H18N4O6/c1-29-16-9-8-12(11-15(16)22-10-4-7-17(22)24)20-18(25)19(26)21-13-5-2-3-6-14(13)23(27)28/h2-3,5-6,8-9,11H,4,7,10H2,1H3,(H,20,25)(H,21,26). The van der Waals surface area contributed by atoms with Crippen LogP contribution in [0, 0.1) is 10.1 Å². The number of methoxy groups -OCH3 is 1. The summed E-state index contributed by atoms with van der Waals surface area (Å²) in [4.78, 5) is 48.4. The second-order valence-corrected chi connectivity index (χ2v) is 6.22. The van der Waals surface area contributed by atoms with E-state index in [0.29, 0.717) is 24.4 Å². The van der Waals surface area contributed by atoms with Gasteiger partial charge in [-0.1, -0.05) is 12.1 Å². The van der Waals surface area contributed by atoms with Crippen molar-refractivity contribution in [2.75, 3.05) is 29.2 Å². The predicted molar refractivity (Wildman–Crippen MR) is 105 cm³/mol. The number of rotatable bonds is 5. The summed E-state index contributed by atoms with van der Waals surface area (Å²) in [5, 5.41) is 15.7. The van der Waals surface area contributed by atoms with E-state index in [1.54, 1.807) is 11.0 Å². The van der Waals surface area contributed by atoms with Gasteiger partial charge in [-0.15, -0.1) is 0 Å². The van der Waals surface area contributed by atoms with Gasteiger partial charge in [0.1, 0.15) is 11.4 Å². The summed E-state index contributed by atoms with van der Waals surface area (Å²) in [5.74, 6) is -1.66. The molecule has 2 aromatic rings. The summed E-state index contributed by atoms with van der Waals surface area (Å²) < 4.78 is 5.28. The fourth-order valence-corrected chi connectivity index (χ4v) is 2.99. The number of amides is 3. The molecule has 1 saturated heterocycles. The van der Waals surface area contributed by atoms with Crippen LogP contribution in [0.3, 0.4) is 0 Å². The lowest BCUT2D eigenvalue weighted by atomic mass is 10.2. The second kappa shape index (κ2) is 8.38. The lowest BCUT2D eigenvalue weighted by Crippen LogP contribution is -2.29. The highest BCUT2D eigenvalue weighted by Crippen LogP contribution is 2.34. The van der Waals surface area contributed by atoms with Gasteiger partial charge in [0.2, 0.25) is 5.91 Å². The summed E-state index contributed by atoms with van der Waals surface area (Å²) in [6, 6.07) is 10.1. The van der Waals surface area contributed by atoms with E-state index in [1.807, 2.05) is 0 Å². The number of nitro benzene ring substituents is 1. The molecule has 29 heavy (non-hydrogen) atoms. The van der Waals surface area contributed by atoms with E-state index in [4.69, 9.17) is 4.74 Å². The smallest absolute Gasteiger partial charge is 0.314 e. The monoisotopic (exact) mass is 398 g/mol. The molecule has 0 radical (unpaired) electrons. The molecule has 0 aromatic heterocycles. The first-order valence-electron chi connectivity index (χ1n) is 8.75. The third kappa shape index (κ3) is 4.32. The summed E-state index contributed by atoms with van der Waals surface area (Å²) in [6.45, 7) is 0.532. The van der Waals surface area contributed by atoms with Gasteiger partial charge in [-0.25, -0.2) is 0 Å². The quantitative estimate of drug-likeness (QED) is 0.451. The maximum absolute atomic E-state index is 12.2. The maximum atomic E-state index is 12.2. The van der Waals surface area contributed by atoms with Gasteiger partial charge in [-0.2, -0.15) is 0 Å². The normalized spacial score (nSPS) is 13.1. The van der Waals surface area contributed by atoms with E-state index in [1.165, 1.54) is 43.5 Å². The molecule has 0 saturated carbocycles. The van der Waals surface area contributed by atoms with Gasteiger partial charge >= 0.3 is 11.8 Å². The van der Waals surface area contributed by atoms with E-state index in [0.717, 1.165) is 6.42 Å². The van der Waals surface area contributed by atoms with Crippen LogP contribution in [0.15, 0.2) is 42.5 Å². The summed E-state index contributed by atoms with van der Waals surface area (Å²) >= 11 is 0. The second-order valence-electron chi connectivity index (χ2n) is 6.22. The van der Waals surface area contributed by atoms with Crippen molar-refractivity contribution in [3.63, 3.8) is 0 Å². The van der Waals surface area contributed by atoms with Crippen molar-refractivity contribution >= 4 is 40.5 Å². The zero-order valence-corrected chi connectivity index (χ0v) is 15.5. The molecule has 0 aliphatic carbocycles. The number of para-hydroxylation sites is 2. The van der Waals surface area contributed by atoms with Crippen LogP contribution in [0.2, 0.25) is 0 Å². The number of hydrogen-bond donors (Lipinski definition) is 2. The molecule has 10 nitrogen and oxygen atoms in total. The molecule has 3 rings (SSSR count). The molecular weight excluding hydrogens is 380 g/mol. The highest BCUT2D eigenvalue weighted by atomic mass is 16.6. The summed E-state index contributed by atoms with van der Waals surface area (Å²) in [7, 11) is 1.47. The fourth-order valence-electron chi connectivity index (χ4n) is 2.99. The molecule has 150 valence electrons. The lowest BCUT2D eigenvalue weighted by Gasteiger charge is -2.20. The van der Waals surface area contributed by atoms with Crippen molar-refractivity contribution in [1.82, 2.24) is 0 Å². The molecule has 1 heterocycles. The number of nitrogens with zero attached hydrogens (tertiary/aromatic N) is 2. The van der Waals surface area contributed by atoms with Crippen molar-refractivity contribution < 1.29 is 24.0 Å². The van der Waals surface area contributed by atoms with E-state index in [9.17, 15) is 24.5 Å². The van der Waals surface area contributed by atoms with Crippen LogP contribution < -0.4 is 20.3 Å². The van der Waals surface area contributed by atoms with Crippen LogP contribution in [-0.4, -0.2) is 36.3 Å². The number of benzene rings is 2. The topological polar surface area (TPSA) is 131 Å². The van der Waals surface area contributed by atoms with Gasteiger partial charge < -0.3 is 20.3 Å². The van der Waals surface area contributed by atoms with Crippen LogP contribution in [0.4, 0.5) is 22.7 Å². The Hall–Kier alpha value is -3.95. The first-order valence-corrected chi connectivity index (χ1v) is 8.75. The largest absolute Gasteiger partial charge is 0.495 e. The van der Waals surface area contributed by atoms with Gasteiger partial charge in [0.15, 0.2) is 0 Å². The minimum Gasteiger partial charge on any atom is -0.495 e. The zero-order valence-electron chi connectivity index (χ0n) is 15.5. The van der Waals surface area contributed by atoms with E-state index in [-0.39, 0.29) is 23.0 Å². The fraction of sp³-hybridized carbons (Fsp3) is 0.211. The molecule has 1 fully saturated rings. The van der Waals surface area contributed by atoms with Crippen molar-refractivity contribution in [3.05, 3.63) is 52.6 Å². The van der Waals surface area contributed by atoms with Crippen molar-refractivity contribution in [1.29, 1.82) is 0 Å². The molecule has 3 amide bonds. The van der Waals surface area contributed by atoms with Crippen LogP contribution in [0.1, 0.15) is 12.8 Å². The third-order valence-electron chi connectivity index (χ3n) is 4.36. The van der Waals surface area contributed by atoms with Crippen molar-refractivity contribution in [3.8, 4) is 5.75 Å². The van der Waals surface area contributed by atoms with E-state index in [2.05, 4.69) is 10.6 Å². The molecule has 0 bridgehead atoms. The molecule has 1 aliphatic rings. The van der Waals surface area contributed by atoms with Crippen molar-refractivity contribution in [2.24, 2.45) is 0 Å². The molecule has 2 aromatic carbocycles. The number of nitrogens with one attached hydrogen (secondary N) is 2. The highest BCUT2D eigenvalue weighted by Gasteiger charge is 2.25. The Labute approximate surface area is 165 Å². The van der Waals surface area contributed by atoms with Crippen LogP contribution in [0.25, 0.3) is 0 Å². The van der Waals surface area contributed by atoms with Gasteiger partial charge in [0, 0.05) is 24.7 Å². The number of carbonyl (C=O) groups is 3. The van der Waals surface area contributed by atoms with Gasteiger partial charge in [0.05, 0.1) is 17.7 Å². The van der Waals surface area contributed by atoms with E-state index >= 15 is 0 Å². The lowest BCUT2D eigenvalue weighted by molar-refractivity contribution is -0.383. The predicted octanol–water partition coefficient (Wildman–Crippen LogP) is 2.31. The van der Waals surface area contributed by atoms with Crippen molar-refractivity contribution in [2.45, 2.75) is 12.8 Å². The Kier molecular flexibility index (Phi) is 5.72. The molecule has 0 unspecified atom stereocenters. The average Bonchev–Trinajstić information content (AvgIpc) is 3.13. The van der Waals surface area contributed by atoms with E-state index < -0.39 is 16.7 Å². The first kappa shape index (κ1) is 19.8. The minimum atomic E-state index is -1.06. The van der Waals surface area contributed by atoms with Gasteiger partial charge in [0.25, 0.3) is 5.69 Å². The Morgan fingerprint density at radius 2 is 1.86 bits per heavy atom. The SMILES string of the molecule is COc1ccc(NC(=O)C(=O)Nc2ccccc2[N+](=O)[O-])cc1N1CCCC1=O. The third-order valence-corrected chi connectivity index (χ3v) is 4.36. The summed E-state index contributed by atoms with van der Waals surface area (Å²) in [6.07, 6.45) is 1.15. The molecule has 1 aliphatic heterocycles. The Morgan fingerprint density at radius 3 is 2.52 bits per heavy atom. The first-order chi connectivity index (χ1) is 13.9. The Morgan fingerprint density at radius 1 is 1.14 bits per heavy atom. The summed E-state index contributed by atoms with van der Waals surface area (Å²) in [5.41, 5.74) is 0.360. The van der Waals surface area contributed by atoms with Gasteiger partial charge in [-0.05, 0) is 30.7 Å². The number of anilines is 3. The number of hydrogen-bond acceptors (Lipinski definition) is 6. The van der Waals surface area contributed by atoms with Gasteiger partial charge in [-0.3, -0.25) is 24.5 Å². The Balaban J connectivity index is 1.76. The highest BCUT2D eigenvalue weighted by molar-refractivity contribution is 6.43. The Bertz CT molecular complexity index is 990. The van der Waals surface area contributed by atoms with Crippen LogP contribution >= 0.6 is 0 Å². The number of carbonyl (C=O) groups excluding carboxylic acids is 3. The average molecular weight is 398 g/mol. The number of nitro groups is 1. The molecule has 0 atom stereocenters. The molecular formula is C19H18N4O6. The number of ether oxygens (including phenoxy) is 1.